The third-order valence-corrected chi connectivity index (χ3v) is 6.44. The molecule has 2 aromatic rings. The second kappa shape index (κ2) is 12.8. The fourth-order valence-electron chi connectivity index (χ4n) is 4.52. The normalized spacial score (nSPS) is 15.5. The van der Waals surface area contributed by atoms with Gasteiger partial charge in [-0.1, -0.05) is 61.5 Å². The average Bonchev–Trinajstić information content (AvgIpc) is 2.82. The van der Waals surface area contributed by atoms with Gasteiger partial charge in [0.05, 0.1) is 0 Å². The summed E-state index contributed by atoms with van der Waals surface area (Å²) in [5, 5.41) is 19.5. The maximum absolute atomic E-state index is 12.3. The van der Waals surface area contributed by atoms with Gasteiger partial charge in [0.2, 0.25) is 0 Å². The first-order valence-electron chi connectivity index (χ1n) is 13.2. The molecular formula is C32H41NO4. The predicted molar refractivity (Wildman–Crippen MR) is 151 cm³/mol. The molecule has 37 heavy (non-hydrogen) atoms. The van der Waals surface area contributed by atoms with Crippen molar-refractivity contribution >= 4 is 11.7 Å². The Morgan fingerprint density at radius 3 is 2.16 bits per heavy atom. The average molecular weight is 504 g/mol. The molecule has 2 aromatic carbocycles. The van der Waals surface area contributed by atoms with Crippen molar-refractivity contribution in [2.45, 2.75) is 65.4 Å². The van der Waals surface area contributed by atoms with Crippen molar-refractivity contribution in [1.82, 2.24) is 4.90 Å². The predicted octanol–water partition coefficient (Wildman–Crippen LogP) is 7.21. The number of carbonyl (C=O) groups is 1. The fraction of sp³-hybridized carbons (Fsp3) is 0.406. The molecule has 1 amide bonds. The Balaban J connectivity index is 1.95. The summed E-state index contributed by atoms with van der Waals surface area (Å²) in [6.45, 7) is 11.2. The smallest absolute Gasteiger partial charge is 0.410 e. The number of aliphatic hydroxyl groups is 1. The zero-order valence-electron chi connectivity index (χ0n) is 22.8. The summed E-state index contributed by atoms with van der Waals surface area (Å²) in [5.74, 6) is 0.516. The summed E-state index contributed by atoms with van der Waals surface area (Å²) in [5.41, 5.74) is 6.19. The van der Waals surface area contributed by atoms with Crippen LogP contribution in [-0.4, -0.2) is 46.5 Å². The first-order valence-corrected chi connectivity index (χ1v) is 13.2. The highest BCUT2D eigenvalue weighted by molar-refractivity contribution is 5.85. The van der Waals surface area contributed by atoms with Gasteiger partial charge in [-0.2, -0.15) is 0 Å². The van der Waals surface area contributed by atoms with Crippen LogP contribution in [0.5, 0.6) is 5.75 Å². The van der Waals surface area contributed by atoms with Gasteiger partial charge in [0, 0.05) is 25.6 Å². The summed E-state index contributed by atoms with van der Waals surface area (Å²) < 4.78 is 5.49. The van der Waals surface area contributed by atoms with Crippen LogP contribution in [-0.2, 0) is 4.74 Å². The third-order valence-electron chi connectivity index (χ3n) is 6.44. The standard InChI is InChI=1S/C32H41NO4/c1-6-8-10-23(7-2)29(11-9-20-34)30(26-16-18-28(35)19-17-26)25-14-12-24(13-15-25)27-21-33(22-27)31(36)37-32(3,4)5/h7-8,10,12-19,27,34-35H,6,9,11,20-22H2,1-5H3/b10-8-,23-7+,30-29+. The minimum Gasteiger partial charge on any atom is -0.508 e. The molecule has 198 valence electrons. The van der Waals surface area contributed by atoms with E-state index in [0.717, 1.165) is 35.1 Å². The molecule has 0 aliphatic carbocycles. The van der Waals surface area contributed by atoms with E-state index in [1.165, 1.54) is 11.1 Å². The molecule has 1 aliphatic heterocycles. The van der Waals surface area contributed by atoms with Gasteiger partial charge in [-0.15, -0.1) is 0 Å². The van der Waals surface area contributed by atoms with Crippen LogP contribution in [0.25, 0.3) is 5.57 Å². The topological polar surface area (TPSA) is 70.0 Å². The number of nitrogens with zero attached hydrogens (tertiary/aromatic N) is 1. The molecule has 1 aliphatic rings. The van der Waals surface area contributed by atoms with E-state index in [2.05, 4.69) is 49.4 Å². The van der Waals surface area contributed by atoms with Crippen molar-refractivity contribution in [2.24, 2.45) is 0 Å². The van der Waals surface area contributed by atoms with E-state index in [-0.39, 0.29) is 24.4 Å². The van der Waals surface area contributed by atoms with Crippen LogP contribution in [0, 0.1) is 0 Å². The minimum absolute atomic E-state index is 0.121. The monoisotopic (exact) mass is 503 g/mol. The van der Waals surface area contributed by atoms with E-state index in [1.54, 1.807) is 17.0 Å². The highest BCUT2D eigenvalue weighted by Crippen LogP contribution is 2.36. The summed E-state index contributed by atoms with van der Waals surface area (Å²) in [6.07, 6.45) is 8.50. The summed E-state index contributed by atoms with van der Waals surface area (Å²) in [6, 6.07) is 15.9. The number of benzene rings is 2. The summed E-state index contributed by atoms with van der Waals surface area (Å²) >= 11 is 0. The van der Waals surface area contributed by atoms with Crippen molar-refractivity contribution < 1.29 is 19.7 Å². The molecule has 5 nitrogen and oxygen atoms in total. The van der Waals surface area contributed by atoms with Crippen LogP contribution in [0.4, 0.5) is 4.79 Å². The van der Waals surface area contributed by atoms with Crippen molar-refractivity contribution in [3.05, 3.63) is 94.6 Å². The highest BCUT2D eigenvalue weighted by Gasteiger charge is 2.34. The molecule has 3 rings (SSSR count). The number of phenolic OH excluding ortho intramolecular Hbond substituents is 1. The number of aromatic hydroxyl groups is 1. The third kappa shape index (κ3) is 7.59. The van der Waals surface area contributed by atoms with Gasteiger partial charge >= 0.3 is 6.09 Å². The first-order chi connectivity index (χ1) is 17.7. The van der Waals surface area contributed by atoms with Crippen LogP contribution in [0.3, 0.4) is 0 Å². The summed E-state index contributed by atoms with van der Waals surface area (Å²) in [4.78, 5) is 14.1. The lowest BCUT2D eigenvalue weighted by Gasteiger charge is -2.40. The van der Waals surface area contributed by atoms with Gasteiger partial charge in [-0.05, 0) is 92.5 Å². The van der Waals surface area contributed by atoms with Crippen LogP contribution in [0.15, 0.2) is 77.9 Å². The molecule has 2 N–H and O–H groups in total. The molecule has 1 heterocycles. The zero-order chi connectivity index (χ0) is 27.0. The number of likely N-dealkylation sites (tertiary alicyclic amines) is 1. The molecule has 0 unspecified atom stereocenters. The zero-order valence-corrected chi connectivity index (χ0v) is 22.8. The Hall–Kier alpha value is -3.31. The van der Waals surface area contributed by atoms with Gasteiger partial charge in [-0.25, -0.2) is 4.79 Å². The van der Waals surface area contributed by atoms with E-state index in [9.17, 15) is 15.0 Å². The lowest BCUT2D eigenvalue weighted by atomic mass is 9.85. The quantitative estimate of drug-likeness (QED) is 0.355. The van der Waals surface area contributed by atoms with E-state index >= 15 is 0 Å². The Labute approximate surface area is 221 Å². The number of aliphatic hydroxyl groups excluding tert-OH is 1. The molecule has 0 aromatic heterocycles. The Morgan fingerprint density at radius 1 is 1.05 bits per heavy atom. The lowest BCUT2D eigenvalue weighted by molar-refractivity contribution is 0.00819. The maximum atomic E-state index is 12.3. The highest BCUT2D eigenvalue weighted by atomic mass is 16.6. The van der Waals surface area contributed by atoms with E-state index < -0.39 is 5.60 Å². The number of amides is 1. The van der Waals surface area contributed by atoms with Crippen molar-refractivity contribution in [3.8, 4) is 5.75 Å². The number of phenols is 1. The maximum Gasteiger partial charge on any atom is 0.410 e. The van der Waals surface area contributed by atoms with Gasteiger partial charge in [0.1, 0.15) is 11.4 Å². The van der Waals surface area contributed by atoms with Crippen molar-refractivity contribution in [1.29, 1.82) is 0 Å². The Morgan fingerprint density at radius 2 is 1.65 bits per heavy atom. The molecule has 0 bridgehead atoms. The molecular weight excluding hydrogens is 462 g/mol. The second-order valence-corrected chi connectivity index (χ2v) is 10.5. The van der Waals surface area contributed by atoms with E-state index in [1.807, 2.05) is 39.8 Å². The largest absolute Gasteiger partial charge is 0.508 e. The Bertz CT molecular complexity index is 1130. The van der Waals surface area contributed by atoms with Gasteiger partial charge in [0.25, 0.3) is 0 Å². The van der Waals surface area contributed by atoms with Crippen LogP contribution in [0.2, 0.25) is 0 Å². The van der Waals surface area contributed by atoms with Gasteiger partial charge in [0.15, 0.2) is 0 Å². The second-order valence-electron chi connectivity index (χ2n) is 10.5. The SMILES string of the molecule is C/C=C(\C=C/CC)C(/CCCO)=C(/c1ccc(O)cc1)c1ccc(C2CN(C(=O)OC(C)(C)C)C2)cc1. The lowest BCUT2D eigenvalue weighted by Crippen LogP contribution is -2.50. The van der Waals surface area contributed by atoms with Crippen LogP contribution < -0.4 is 0 Å². The van der Waals surface area contributed by atoms with E-state index in [4.69, 9.17) is 4.74 Å². The number of allylic oxidation sites excluding steroid dienone is 5. The minimum atomic E-state index is -0.493. The molecule has 0 spiro atoms. The molecule has 5 heteroatoms. The van der Waals surface area contributed by atoms with Gasteiger partial charge < -0.3 is 19.8 Å². The van der Waals surface area contributed by atoms with Crippen molar-refractivity contribution in [2.75, 3.05) is 19.7 Å². The molecule has 1 saturated heterocycles. The Kier molecular flexibility index (Phi) is 9.76. The summed E-state index contributed by atoms with van der Waals surface area (Å²) in [7, 11) is 0. The number of hydrogen-bond acceptors (Lipinski definition) is 4. The first kappa shape index (κ1) is 28.3. The van der Waals surface area contributed by atoms with Gasteiger partial charge in [-0.3, -0.25) is 0 Å². The van der Waals surface area contributed by atoms with Crippen LogP contribution in [0.1, 0.15) is 76.5 Å². The molecule has 0 atom stereocenters. The van der Waals surface area contributed by atoms with Crippen LogP contribution >= 0.6 is 0 Å². The number of hydrogen-bond donors (Lipinski definition) is 2. The molecule has 0 saturated carbocycles. The number of rotatable bonds is 9. The molecule has 1 fully saturated rings. The number of ether oxygens (including phenoxy) is 1. The number of carbonyl (C=O) groups excluding carboxylic acids is 1. The molecule has 0 radical (unpaired) electrons. The fourth-order valence-corrected chi connectivity index (χ4v) is 4.52. The van der Waals surface area contributed by atoms with Crippen molar-refractivity contribution in [3.63, 3.8) is 0 Å². The van der Waals surface area contributed by atoms with E-state index in [0.29, 0.717) is 19.5 Å².